The fraction of sp³-hybridized carbons (Fsp3) is 0.467. The number of nitrogens with two attached hydrogens (primary N) is 1. The molecule has 2 amide bonds. The maximum absolute atomic E-state index is 12.6. The van der Waals surface area contributed by atoms with Crippen LogP contribution in [0, 0.1) is 0 Å². The monoisotopic (exact) mass is 289 g/mol. The maximum Gasteiger partial charge on any atom is 0.254 e. The van der Waals surface area contributed by atoms with Crippen LogP contribution in [0.5, 0.6) is 0 Å². The average molecular weight is 289 g/mol. The summed E-state index contributed by atoms with van der Waals surface area (Å²) >= 11 is 0. The second-order valence-electron chi connectivity index (χ2n) is 5.40. The molecular weight excluding hydrogens is 270 g/mol. The molecule has 3 N–H and O–H groups in total. The van der Waals surface area contributed by atoms with Crippen molar-refractivity contribution in [2.75, 3.05) is 26.3 Å². The number of rotatable bonds is 2. The molecule has 1 fully saturated rings. The van der Waals surface area contributed by atoms with Crippen LogP contribution in [0.25, 0.3) is 0 Å². The molecule has 1 atom stereocenters. The molecule has 0 aromatic heterocycles. The van der Waals surface area contributed by atoms with Gasteiger partial charge in [0.2, 0.25) is 5.91 Å². The molecule has 3 rings (SSSR count). The van der Waals surface area contributed by atoms with Gasteiger partial charge in [0.25, 0.3) is 5.91 Å². The molecule has 6 nitrogen and oxygen atoms in total. The summed E-state index contributed by atoms with van der Waals surface area (Å²) in [5.74, 6) is -0.682. The van der Waals surface area contributed by atoms with Gasteiger partial charge in [-0.15, -0.1) is 0 Å². The van der Waals surface area contributed by atoms with Crippen LogP contribution in [0.1, 0.15) is 21.5 Å². The molecule has 1 saturated heterocycles. The predicted molar refractivity (Wildman–Crippen MR) is 76.7 cm³/mol. The third kappa shape index (κ3) is 2.77. The number of benzene rings is 1. The number of morpholine rings is 1. The van der Waals surface area contributed by atoms with E-state index in [2.05, 4.69) is 5.32 Å². The molecule has 21 heavy (non-hydrogen) atoms. The third-order valence-electron chi connectivity index (χ3n) is 4.06. The van der Waals surface area contributed by atoms with E-state index in [1.54, 1.807) is 0 Å². The summed E-state index contributed by atoms with van der Waals surface area (Å²) in [4.78, 5) is 25.6. The molecule has 2 aliphatic rings. The quantitative estimate of drug-likeness (QED) is 0.780. The number of carbonyl (C=O) groups is 2. The average Bonchev–Trinajstić information content (AvgIpc) is 2.53. The summed E-state index contributed by atoms with van der Waals surface area (Å²) in [6.07, 6.45) is 0.977. The number of nitrogens with zero attached hydrogens (tertiary/aromatic N) is 1. The first-order valence-electron chi connectivity index (χ1n) is 7.17. The minimum absolute atomic E-state index is 0.157. The zero-order chi connectivity index (χ0) is 14.8. The van der Waals surface area contributed by atoms with E-state index in [1.807, 2.05) is 18.2 Å². The smallest absolute Gasteiger partial charge is 0.254 e. The fourth-order valence-corrected chi connectivity index (χ4v) is 2.86. The Morgan fingerprint density at radius 2 is 2.19 bits per heavy atom. The van der Waals surface area contributed by atoms with Crippen LogP contribution >= 0.6 is 0 Å². The SMILES string of the molecule is NC(=O)C1COCCN1C(=O)c1ccc2c(c1)CNCC2. The summed E-state index contributed by atoms with van der Waals surface area (Å²) in [5, 5.41) is 3.29. The van der Waals surface area contributed by atoms with Crippen molar-refractivity contribution < 1.29 is 14.3 Å². The van der Waals surface area contributed by atoms with E-state index in [1.165, 1.54) is 10.5 Å². The molecule has 1 aromatic carbocycles. The van der Waals surface area contributed by atoms with Crippen molar-refractivity contribution in [1.29, 1.82) is 0 Å². The van der Waals surface area contributed by atoms with E-state index in [9.17, 15) is 9.59 Å². The standard InChI is InChI=1S/C15H19N3O3/c16-14(19)13-9-21-6-5-18(13)15(20)11-2-1-10-3-4-17-8-12(10)7-11/h1-2,7,13,17H,3-6,8-9H2,(H2,16,19). The van der Waals surface area contributed by atoms with E-state index in [0.29, 0.717) is 18.7 Å². The van der Waals surface area contributed by atoms with E-state index >= 15 is 0 Å². The lowest BCUT2D eigenvalue weighted by molar-refractivity contribution is -0.127. The molecular formula is C15H19N3O3. The van der Waals surface area contributed by atoms with Gasteiger partial charge in [0.05, 0.1) is 13.2 Å². The van der Waals surface area contributed by atoms with Crippen LogP contribution in [0.4, 0.5) is 0 Å². The van der Waals surface area contributed by atoms with Crippen LogP contribution < -0.4 is 11.1 Å². The number of hydrogen-bond donors (Lipinski definition) is 2. The summed E-state index contributed by atoms with van der Waals surface area (Å²) in [6.45, 7) is 2.74. The van der Waals surface area contributed by atoms with Crippen molar-refractivity contribution in [2.45, 2.75) is 19.0 Å². The topological polar surface area (TPSA) is 84.7 Å². The van der Waals surface area contributed by atoms with Crippen LogP contribution in [-0.4, -0.2) is 49.1 Å². The first-order chi connectivity index (χ1) is 10.2. The van der Waals surface area contributed by atoms with Gasteiger partial charge in [0.1, 0.15) is 6.04 Å². The highest BCUT2D eigenvalue weighted by atomic mass is 16.5. The van der Waals surface area contributed by atoms with Crippen LogP contribution in [-0.2, 0) is 22.5 Å². The molecule has 6 heteroatoms. The molecule has 1 aromatic rings. The van der Waals surface area contributed by atoms with Gasteiger partial charge in [-0.2, -0.15) is 0 Å². The zero-order valence-electron chi connectivity index (χ0n) is 11.8. The number of amides is 2. The summed E-state index contributed by atoms with van der Waals surface area (Å²) < 4.78 is 5.25. The van der Waals surface area contributed by atoms with E-state index in [-0.39, 0.29) is 12.5 Å². The largest absolute Gasteiger partial charge is 0.377 e. The Morgan fingerprint density at radius 3 is 3.00 bits per heavy atom. The van der Waals surface area contributed by atoms with Crippen LogP contribution in [0.2, 0.25) is 0 Å². The highest BCUT2D eigenvalue weighted by Crippen LogP contribution is 2.19. The van der Waals surface area contributed by atoms with Crippen molar-refractivity contribution in [2.24, 2.45) is 5.73 Å². The second-order valence-corrected chi connectivity index (χ2v) is 5.40. The van der Waals surface area contributed by atoms with Crippen molar-refractivity contribution in [3.63, 3.8) is 0 Å². The first-order valence-corrected chi connectivity index (χ1v) is 7.17. The first kappa shape index (κ1) is 14.0. The Balaban J connectivity index is 1.85. The molecule has 0 spiro atoms. The van der Waals surface area contributed by atoms with Gasteiger partial charge in [-0.3, -0.25) is 9.59 Å². The maximum atomic E-state index is 12.6. The van der Waals surface area contributed by atoms with Crippen LogP contribution in [0.3, 0.4) is 0 Å². The molecule has 0 bridgehead atoms. The van der Waals surface area contributed by atoms with Gasteiger partial charge in [-0.05, 0) is 36.2 Å². The minimum atomic E-state index is -0.680. The Kier molecular flexibility index (Phi) is 3.90. The number of fused-ring (bicyclic) bond motifs is 1. The zero-order valence-corrected chi connectivity index (χ0v) is 11.8. The predicted octanol–water partition coefficient (Wildman–Crippen LogP) is -0.341. The fourth-order valence-electron chi connectivity index (χ4n) is 2.86. The number of hydrogen-bond acceptors (Lipinski definition) is 4. The van der Waals surface area contributed by atoms with Gasteiger partial charge < -0.3 is 20.7 Å². The van der Waals surface area contributed by atoms with Gasteiger partial charge in [-0.25, -0.2) is 0 Å². The molecule has 0 saturated carbocycles. The molecule has 1 unspecified atom stereocenters. The Hall–Kier alpha value is -1.92. The van der Waals surface area contributed by atoms with Crippen molar-refractivity contribution in [3.8, 4) is 0 Å². The number of nitrogens with one attached hydrogen (secondary N) is 1. The van der Waals surface area contributed by atoms with Crippen LogP contribution in [0.15, 0.2) is 18.2 Å². The summed E-state index contributed by atoms with van der Waals surface area (Å²) in [5.41, 5.74) is 8.39. The second kappa shape index (κ2) is 5.83. The molecule has 0 radical (unpaired) electrons. The van der Waals surface area contributed by atoms with Crippen molar-refractivity contribution in [3.05, 3.63) is 34.9 Å². The van der Waals surface area contributed by atoms with Gasteiger partial charge in [0.15, 0.2) is 0 Å². The normalized spacial score (nSPS) is 21.7. The number of ether oxygens (including phenoxy) is 1. The van der Waals surface area contributed by atoms with E-state index < -0.39 is 11.9 Å². The third-order valence-corrected chi connectivity index (χ3v) is 4.06. The number of primary amides is 1. The molecule has 2 heterocycles. The Labute approximate surface area is 123 Å². The van der Waals surface area contributed by atoms with Gasteiger partial charge in [0, 0.05) is 18.7 Å². The van der Waals surface area contributed by atoms with Crippen molar-refractivity contribution in [1.82, 2.24) is 10.2 Å². The summed E-state index contributed by atoms with van der Waals surface area (Å²) in [7, 11) is 0. The van der Waals surface area contributed by atoms with E-state index in [4.69, 9.17) is 10.5 Å². The number of carbonyl (C=O) groups excluding carboxylic acids is 2. The minimum Gasteiger partial charge on any atom is -0.377 e. The van der Waals surface area contributed by atoms with Crippen molar-refractivity contribution >= 4 is 11.8 Å². The molecule has 2 aliphatic heterocycles. The Bertz CT molecular complexity index is 573. The highest BCUT2D eigenvalue weighted by Gasteiger charge is 2.32. The van der Waals surface area contributed by atoms with Gasteiger partial charge >= 0.3 is 0 Å². The lowest BCUT2D eigenvalue weighted by Crippen LogP contribution is -2.54. The summed E-state index contributed by atoms with van der Waals surface area (Å²) in [6, 6.07) is 5.07. The van der Waals surface area contributed by atoms with E-state index in [0.717, 1.165) is 25.1 Å². The molecule has 112 valence electrons. The lowest BCUT2D eigenvalue weighted by Gasteiger charge is -2.33. The van der Waals surface area contributed by atoms with Gasteiger partial charge in [-0.1, -0.05) is 6.07 Å². The molecule has 0 aliphatic carbocycles. The highest BCUT2D eigenvalue weighted by molar-refractivity contribution is 5.97. The Morgan fingerprint density at radius 1 is 1.33 bits per heavy atom. The lowest BCUT2D eigenvalue weighted by atomic mass is 9.98.